The third-order valence-corrected chi connectivity index (χ3v) is 3.10. The molecule has 0 amide bonds. The van der Waals surface area contributed by atoms with Crippen LogP contribution in [0.25, 0.3) is 0 Å². The third kappa shape index (κ3) is 1.05. The number of rotatable bonds is 0. The highest BCUT2D eigenvalue weighted by Gasteiger charge is 2.21. The summed E-state index contributed by atoms with van der Waals surface area (Å²) in [7, 11) is 0. The quantitative estimate of drug-likeness (QED) is 0.654. The summed E-state index contributed by atoms with van der Waals surface area (Å²) in [5, 5.41) is 0.917. The number of fused-ring (bicyclic) bond motifs is 1. The Balaban J connectivity index is 2.60. The number of hydrogen-bond donors (Lipinski definition) is 1. The van der Waals surface area contributed by atoms with E-state index in [9.17, 15) is 0 Å². The van der Waals surface area contributed by atoms with E-state index in [0.717, 1.165) is 23.4 Å². The van der Waals surface area contributed by atoms with Crippen molar-refractivity contribution in [3.63, 3.8) is 0 Å². The molecule has 1 aromatic carbocycles. The van der Waals surface area contributed by atoms with Gasteiger partial charge < -0.3 is 5.73 Å². The van der Waals surface area contributed by atoms with Gasteiger partial charge in [-0.15, -0.1) is 0 Å². The van der Waals surface area contributed by atoms with E-state index in [1.165, 1.54) is 11.1 Å². The summed E-state index contributed by atoms with van der Waals surface area (Å²) >= 11 is 6.15. The molecule has 0 saturated carbocycles. The molecule has 0 spiro atoms. The van der Waals surface area contributed by atoms with Gasteiger partial charge in [0.05, 0.1) is 0 Å². The minimum absolute atomic E-state index is 0.207. The van der Waals surface area contributed by atoms with Crippen LogP contribution in [-0.2, 0) is 6.42 Å². The van der Waals surface area contributed by atoms with Crippen LogP contribution in [0.2, 0.25) is 5.02 Å². The van der Waals surface area contributed by atoms with Crippen molar-refractivity contribution in [1.29, 1.82) is 0 Å². The Morgan fingerprint density at radius 3 is 3.00 bits per heavy atom. The molecule has 1 unspecified atom stereocenters. The fraction of sp³-hybridized carbons (Fsp3) is 0.400. The maximum atomic E-state index is 6.15. The molecule has 1 atom stereocenters. The maximum Gasteiger partial charge on any atom is 0.0470 e. The maximum absolute atomic E-state index is 6.15. The molecule has 12 heavy (non-hydrogen) atoms. The van der Waals surface area contributed by atoms with Gasteiger partial charge in [0.2, 0.25) is 0 Å². The lowest BCUT2D eigenvalue weighted by molar-refractivity contribution is 0.713. The molecule has 0 heterocycles. The van der Waals surface area contributed by atoms with E-state index in [1.807, 2.05) is 13.0 Å². The second-order valence-electron chi connectivity index (χ2n) is 3.41. The van der Waals surface area contributed by atoms with Gasteiger partial charge >= 0.3 is 0 Å². The predicted octanol–water partition coefficient (Wildman–Crippen LogP) is 2.59. The van der Waals surface area contributed by atoms with E-state index >= 15 is 0 Å². The summed E-state index contributed by atoms with van der Waals surface area (Å²) in [4.78, 5) is 0. The summed E-state index contributed by atoms with van der Waals surface area (Å²) in [6.07, 6.45) is 2.08. The minimum Gasteiger partial charge on any atom is -0.324 e. The van der Waals surface area contributed by atoms with Crippen molar-refractivity contribution in [2.24, 2.45) is 5.73 Å². The molecule has 0 bridgehead atoms. The second kappa shape index (κ2) is 2.75. The van der Waals surface area contributed by atoms with E-state index < -0.39 is 0 Å². The molecule has 0 radical (unpaired) electrons. The Morgan fingerprint density at radius 1 is 1.50 bits per heavy atom. The Hall–Kier alpha value is -0.530. The Bertz CT molecular complexity index is 320. The molecule has 2 rings (SSSR count). The molecule has 1 nitrogen and oxygen atoms in total. The highest BCUT2D eigenvalue weighted by atomic mass is 35.5. The average Bonchev–Trinajstić information content (AvgIpc) is 2.41. The fourth-order valence-electron chi connectivity index (χ4n) is 1.81. The largest absolute Gasteiger partial charge is 0.324 e. The van der Waals surface area contributed by atoms with E-state index in [2.05, 4.69) is 6.07 Å². The van der Waals surface area contributed by atoms with Crippen LogP contribution >= 0.6 is 11.6 Å². The highest BCUT2D eigenvalue weighted by molar-refractivity contribution is 6.32. The van der Waals surface area contributed by atoms with Crippen LogP contribution < -0.4 is 5.73 Å². The van der Waals surface area contributed by atoms with Crippen LogP contribution in [0.15, 0.2) is 12.1 Å². The van der Waals surface area contributed by atoms with Crippen molar-refractivity contribution >= 4 is 11.6 Å². The fourth-order valence-corrected chi connectivity index (χ4v) is 2.08. The van der Waals surface area contributed by atoms with Crippen molar-refractivity contribution < 1.29 is 0 Å². The van der Waals surface area contributed by atoms with E-state index in [1.54, 1.807) is 0 Å². The topological polar surface area (TPSA) is 26.0 Å². The number of nitrogens with two attached hydrogens (primary N) is 1. The summed E-state index contributed by atoms with van der Waals surface area (Å²) in [6.45, 7) is 2.03. The predicted molar refractivity (Wildman–Crippen MR) is 51.4 cm³/mol. The second-order valence-corrected chi connectivity index (χ2v) is 3.79. The van der Waals surface area contributed by atoms with Crippen LogP contribution in [0.3, 0.4) is 0 Å². The van der Waals surface area contributed by atoms with Crippen molar-refractivity contribution in [3.8, 4) is 0 Å². The third-order valence-electron chi connectivity index (χ3n) is 2.58. The molecule has 2 N–H and O–H groups in total. The highest BCUT2D eigenvalue weighted by Crippen LogP contribution is 2.35. The van der Waals surface area contributed by atoms with Gasteiger partial charge in [-0.2, -0.15) is 0 Å². The van der Waals surface area contributed by atoms with Crippen molar-refractivity contribution in [2.45, 2.75) is 25.8 Å². The zero-order valence-electron chi connectivity index (χ0n) is 7.10. The van der Waals surface area contributed by atoms with E-state index in [4.69, 9.17) is 17.3 Å². The van der Waals surface area contributed by atoms with Crippen LogP contribution in [0.4, 0.5) is 0 Å². The van der Waals surface area contributed by atoms with Gasteiger partial charge in [0.25, 0.3) is 0 Å². The summed E-state index contributed by atoms with van der Waals surface area (Å²) in [6, 6.07) is 4.36. The zero-order chi connectivity index (χ0) is 8.72. The SMILES string of the molecule is Cc1ccc2c(c1Cl)CCC2N. The number of hydrogen-bond acceptors (Lipinski definition) is 1. The molecule has 1 aromatic rings. The summed E-state index contributed by atoms with van der Waals surface area (Å²) < 4.78 is 0. The van der Waals surface area contributed by atoms with Gasteiger partial charge in [0, 0.05) is 11.1 Å². The molecule has 1 aliphatic carbocycles. The van der Waals surface area contributed by atoms with Crippen molar-refractivity contribution in [3.05, 3.63) is 33.8 Å². The molecule has 0 saturated heterocycles. The summed E-state index contributed by atoms with van der Waals surface area (Å²) in [5.41, 5.74) is 9.57. The first-order chi connectivity index (χ1) is 5.70. The molecule has 0 aromatic heterocycles. The van der Waals surface area contributed by atoms with Gasteiger partial charge in [-0.25, -0.2) is 0 Å². The lowest BCUT2D eigenvalue weighted by Gasteiger charge is -2.07. The first-order valence-electron chi connectivity index (χ1n) is 4.23. The lowest BCUT2D eigenvalue weighted by atomic mass is 10.1. The standard InChI is InChI=1S/C10H12ClN/c1-6-2-3-7-8(10(6)11)4-5-9(7)12/h2-3,9H,4-5,12H2,1H3. The van der Waals surface area contributed by atoms with Crippen LogP contribution in [0.1, 0.15) is 29.2 Å². The number of benzene rings is 1. The molecule has 64 valence electrons. The first-order valence-corrected chi connectivity index (χ1v) is 4.61. The average molecular weight is 182 g/mol. The number of aryl methyl sites for hydroxylation is 1. The Kier molecular flexibility index (Phi) is 1.85. The van der Waals surface area contributed by atoms with Crippen LogP contribution in [0.5, 0.6) is 0 Å². The van der Waals surface area contributed by atoms with Crippen LogP contribution in [0, 0.1) is 6.92 Å². The van der Waals surface area contributed by atoms with Gasteiger partial charge in [-0.05, 0) is 36.5 Å². The first kappa shape index (κ1) is 8.09. The van der Waals surface area contributed by atoms with Gasteiger partial charge in [-0.3, -0.25) is 0 Å². The molecule has 0 aliphatic heterocycles. The molecule has 1 aliphatic rings. The van der Waals surface area contributed by atoms with Crippen molar-refractivity contribution in [2.75, 3.05) is 0 Å². The van der Waals surface area contributed by atoms with Gasteiger partial charge in [0.15, 0.2) is 0 Å². The van der Waals surface area contributed by atoms with E-state index in [-0.39, 0.29) is 6.04 Å². The smallest absolute Gasteiger partial charge is 0.0470 e. The molecular weight excluding hydrogens is 170 g/mol. The van der Waals surface area contributed by atoms with E-state index in [0.29, 0.717) is 0 Å². The monoisotopic (exact) mass is 181 g/mol. The lowest BCUT2D eigenvalue weighted by Crippen LogP contribution is -2.04. The number of halogens is 1. The van der Waals surface area contributed by atoms with Gasteiger partial charge in [0.1, 0.15) is 0 Å². The minimum atomic E-state index is 0.207. The Morgan fingerprint density at radius 2 is 2.25 bits per heavy atom. The Labute approximate surface area is 77.5 Å². The zero-order valence-corrected chi connectivity index (χ0v) is 7.86. The molecule has 0 fully saturated rings. The molecular formula is C10H12ClN. The normalized spacial score (nSPS) is 21.1. The summed E-state index contributed by atoms with van der Waals surface area (Å²) in [5.74, 6) is 0. The van der Waals surface area contributed by atoms with Crippen LogP contribution in [-0.4, -0.2) is 0 Å². The van der Waals surface area contributed by atoms with Crippen molar-refractivity contribution in [1.82, 2.24) is 0 Å². The van der Waals surface area contributed by atoms with Gasteiger partial charge in [-0.1, -0.05) is 23.7 Å². The molecule has 2 heteroatoms.